The highest BCUT2D eigenvalue weighted by Crippen LogP contribution is 2.29. The van der Waals surface area contributed by atoms with Crippen molar-refractivity contribution in [1.29, 1.82) is 0 Å². The first-order valence-corrected chi connectivity index (χ1v) is 7.65. The molecule has 1 heterocycles. The number of hydrogen-bond donors (Lipinski definition) is 2. The van der Waals surface area contributed by atoms with E-state index in [-0.39, 0.29) is 12.5 Å². The van der Waals surface area contributed by atoms with Crippen molar-refractivity contribution < 1.29 is 9.90 Å². The van der Waals surface area contributed by atoms with Crippen molar-refractivity contribution in [3.63, 3.8) is 0 Å². The zero-order valence-electron chi connectivity index (χ0n) is 11.9. The molecule has 1 aromatic heterocycles. The lowest BCUT2D eigenvalue weighted by Gasteiger charge is -2.28. The number of nitrogens with zero attached hydrogens (tertiary/aromatic N) is 2. The summed E-state index contributed by atoms with van der Waals surface area (Å²) in [5.41, 5.74) is -0.662. The number of hydrogen-bond acceptors (Lipinski definition) is 4. The van der Waals surface area contributed by atoms with Gasteiger partial charge in [0.25, 0.3) is 0 Å². The SMILES string of the molecule is CN(CC(=O)Nc1ncc(Cl)cc1Cl)CC1(O)CCCC1. The van der Waals surface area contributed by atoms with E-state index in [1.54, 1.807) is 0 Å². The molecule has 116 valence electrons. The van der Waals surface area contributed by atoms with E-state index < -0.39 is 5.60 Å². The van der Waals surface area contributed by atoms with Gasteiger partial charge in [-0.25, -0.2) is 4.98 Å². The quantitative estimate of drug-likeness (QED) is 0.870. The van der Waals surface area contributed by atoms with Gasteiger partial charge in [-0.2, -0.15) is 0 Å². The van der Waals surface area contributed by atoms with Crippen LogP contribution in [0.4, 0.5) is 5.82 Å². The Kier molecular flexibility index (Phi) is 5.43. The molecule has 5 nitrogen and oxygen atoms in total. The van der Waals surface area contributed by atoms with Crippen LogP contribution in [0.2, 0.25) is 10.0 Å². The molecule has 0 saturated heterocycles. The van der Waals surface area contributed by atoms with Crippen molar-refractivity contribution in [3.05, 3.63) is 22.3 Å². The normalized spacial score (nSPS) is 17.2. The van der Waals surface area contributed by atoms with Gasteiger partial charge in [0.05, 0.1) is 22.2 Å². The number of rotatable bonds is 5. The first-order valence-electron chi connectivity index (χ1n) is 6.90. The first-order chi connectivity index (χ1) is 9.88. The Hall–Kier alpha value is -0.880. The third-order valence-corrected chi connectivity index (χ3v) is 4.07. The lowest BCUT2D eigenvalue weighted by molar-refractivity contribution is -0.117. The van der Waals surface area contributed by atoms with Crippen LogP contribution in [0.15, 0.2) is 12.3 Å². The molecule has 0 aliphatic heterocycles. The molecule has 0 bridgehead atoms. The number of halogens is 2. The summed E-state index contributed by atoms with van der Waals surface area (Å²) in [6.07, 6.45) is 5.10. The minimum atomic E-state index is -0.662. The predicted molar refractivity (Wildman–Crippen MR) is 83.8 cm³/mol. The molecule has 0 unspecified atom stereocenters. The summed E-state index contributed by atoms with van der Waals surface area (Å²) in [7, 11) is 1.81. The van der Waals surface area contributed by atoms with Crippen LogP contribution in [0.25, 0.3) is 0 Å². The Bertz CT molecular complexity index is 519. The van der Waals surface area contributed by atoms with E-state index in [9.17, 15) is 9.90 Å². The molecule has 7 heteroatoms. The van der Waals surface area contributed by atoms with Crippen LogP contribution in [0.5, 0.6) is 0 Å². The third kappa shape index (κ3) is 4.81. The van der Waals surface area contributed by atoms with E-state index in [1.807, 2.05) is 11.9 Å². The molecule has 21 heavy (non-hydrogen) atoms. The molecular formula is C14H19Cl2N3O2. The fraction of sp³-hybridized carbons (Fsp3) is 0.571. The van der Waals surface area contributed by atoms with Gasteiger partial charge in [-0.1, -0.05) is 36.0 Å². The van der Waals surface area contributed by atoms with Gasteiger partial charge in [-0.15, -0.1) is 0 Å². The van der Waals surface area contributed by atoms with E-state index in [0.29, 0.717) is 22.4 Å². The van der Waals surface area contributed by atoms with E-state index in [1.165, 1.54) is 12.3 Å². The number of pyridine rings is 1. The summed E-state index contributed by atoms with van der Waals surface area (Å²) in [5.74, 6) is 0.0647. The van der Waals surface area contributed by atoms with Gasteiger partial charge in [0.2, 0.25) is 5.91 Å². The molecule has 1 aliphatic carbocycles. The van der Waals surface area contributed by atoms with Crippen molar-refractivity contribution in [2.24, 2.45) is 0 Å². The van der Waals surface area contributed by atoms with Crippen molar-refractivity contribution in [2.45, 2.75) is 31.3 Å². The number of aromatic nitrogens is 1. The molecule has 0 spiro atoms. The molecule has 1 amide bonds. The number of nitrogens with one attached hydrogen (secondary N) is 1. The van der Waals surface area contributed by atoms with Crippen molar-refractivity contribution >= 4 is 34.9 Å². The average Bonchev–Trinajstić information content (AvgIpc) is 2.78. The molecule has 1 aliphatic rings. The largest absolute Gasteiger partial charge is 0.389 e. The Morgan fingerprint density at radius 1 is 1.48 bits per heavy atom. The van der Waals surface area contributed by atoms with E-state index in [2.05, 4.69) is 10.3 Å². The number of aliphatic hydroxyl groups is 1. The summed E-state index contributed by atoms with van der Waals surface area (Å²) < 4.78 is 0. The number of amides is 1. The van der Waals surface area contributed by atoms with Gasteiger partial charge in [0.1, 0.15) is 0 Å². The maximum absolute atomic E-state index is 12.0. The topological polar surface area (TPSA) is 65.5 Å². The second-order valence-electron chi connectivity index (χ2n) is 5.64. The van der Waals surface area contributed by atoms with Gasteiger partial charge in [-0.05, 0) is 26.0 Å². The highest BCUT2D eigenvalue weighted by Gasteiger charge is 2.32. The summed E-state index contributed by atoms with van der Waals surface area (Å²) in [6.45, 7) is 0.658. The summed E-state index contributed by atoms with van der Waals surface area (Å²) >= 11 is 11.7. The molecule has 0 aromatic carbocycles. The first kappa shape index (κ1) is 16.5. The molecule has 0 radical (unpaired) electrons. The van der Waals surface area contributed by atoms with Gasteiger partial charge < -0.3 is 10.4 Å². The Balaban J connectivity index is 1.86. The number of carbonyl (C=O) groups excluding carboxylic acids is 1. The van der Waals surface area contributed by atoms with E-state index in [0.717, 1.165) is 25.7 Å². The molecule has 1 fully saturated rings. The number of likely N-dealkylation sites (N-methyl/N-ethyl adjacent to an activating group) is 1. The minimum Gasteiger partial charge on any atom is -0.389 e. The zero-order valence-corrected chi connectivity index (χ0v) is 13.4. The molecule has 1 aromatic rings. The molecule has 0 atom stereocenters. The van der Waals surface area contributed by atoms with Gasteiger partial charge in [-0.3, -0.25) is 9.69 Å². The summed E-state index contributed by atoms with van der Waals surface area (Å²) in [5, 5.41) is 13.7. The fourth-order valence-corrected chi connectivity index (χ4v) is 3.10. The van der Waals surface area contributed by atoms with Crippen molar-refractivity contribution in [3.8, 4) is 0 Å². The Morgan fingerprint density at radius 3 is 2.76 bits per heavy atom. The van der Waals surface area contributed by atoms with Crippen LogP contribution < -0.4 is 5.32 Å². The highest BCUT2D eigenvalue weighted by molar-refractivity contribution is 6.36. The molecule has 2 N–H and O–H groups in total. The molecular weight excluding hydrogens is 313 g/mol. The van der Waals surface area contributed by atoms with Crippen LogP contribution in [0.3, 0.4) is 0 Å². The second-order valence-corrected chi connectivity index (χ2v) is 6.48. The summed E-state index contributed by atoms with van der Waals surface area (Å²) in [6, 6.07) is 1.52. The average molecular weight is 332 g/mol. The van der Waals surface area contributed by atoms with Gasteiger partial charge in [0, 0.05) is 12.7 Å². The van der Waals surface area contributed by atoms with Crippen LogP contribution in [0, 0.1) is 0 Å². The Morgan fingerprint density at radius 2 is 2.14 bits per heavy atom. The smallest absolute Gasteiger partial charge is 0.239 e. The van der Waals surface area contributed by atoms with Gasteiger partial charge in [0.15, 0.2) is 5.82 Å². The lowest BCUT2D eigenvalue weighted by atomic mass is 10.0. The van der Waals surface area contributed by atoms with E-state index in [4.69, 9.17) is 23.2 Å². The highest BCUT2D eigenvalue weighted by atomic mass is 35.5. The van der Waals surface area contributed by atoms with Crippen molar-refractivity contribution in [2.75, 3.05) is 25.5 Å². The second kappa shape index (κ2) is 6.92. The standard InChI is InChI=1S/C14H19Cl2N3O2/c1-19(9-14(21)4-2-3-5-14)8-12(20)18-13-11(16)6-10(15)7-17-13/h6-7,21H,2-5,8-9H2,1H3,(H,17,18,20). The number of carbonyl (C=O) groups is 1. The van der Waals surface area contributed by atoms with Crippen LogP contribution in [-0.4, -0.2) is 46.6 Å². The van der Waals surface area contributed by atoms with Crippen molar-refractivity contribution in [1.82, 2.24) is 9.88 Å². The fourth-order valence-electron chi connectivity index (χ4n) is 2.67. The van der Waals surface area contributed by atoms with Crippen LogP contribution >= 0.6 is 23.2 Å². The maximum Gasteiger partial charge on any atom is 0.239 e. The van der Waals surface area contributed by atoms with Crippen LogP contribution in [0.1, 0.15) is 25.7 Å². The maximum atomic E-state index is 12.0. The minimum absolute atomic E-state index is 0.170. The molecule has 1 saturated carbocycles. The molecule has 2 rings (SSSR count). The lowest BCUT2D eigenvalue weighted by Crippen LogP contribution is -2.42. The monoisotopic (exact) mass is 331 g/mol. The van der Waals surface area contributed by atoms with Gasteiger partial charge >= 0.3 is 0 Å². The van der Waals surface area contributed by atoms with E-state index >= 15 is 0 Å². The third-order valence-electron chi connectivity index (χ3n) is 3.58. The summed E-state index contributed by atoms with van der Waals surface area (Å²) in [4.78, 5) is 17.8. The number of anilines is 1. The van der Waals surface area contributed by atoms with Crippen LogP contribution in [-0.2, 0) is 4.79 Å². The Labute approximate surface area is 134 Å². The zero-order chi connectivity index (χ0) is 15.5. The predicted octanol–water partition coefficient (Wildman–Crippen LogP) is 2.56.